The molecule has 2 atom stereocenters. The second-order valence-electron chi connectivity index (χ2n) is 3.29. The molecule has 0 N–H and O–H groups in total. The maximum Gasteiger partial charge on any atom is 0.320 e. The molecule has 0 aromatic heterocycles. The van der Waals surface area contributed by atoms with Crippen LogP contribution >= 0.6 is 63.7 Å². The Bertz CT molecular complexity index is 378. The number of alkyl halides is 4. The van der Waals surface area contributed by atoms with Crippen molar-refractivity contribution in [3.8, 4) is 0 Å². The Balaban J connectivity index is 2.82. The van der Waals surface area contributed by atoms with Crippen molar-refractivity contribution in [3.63, 3.8) is 0 Å². The molecule has 1 rings (SSSR count). The molecule has 0 spiro atoms. The molecule has 0 radical (unpaired) electrons. The van der Waals surface area contributed by atoms with Gasteiger partial charge in [-0.05, 0) is 11.1 Å². The zero-order valence-corrected chi connectivity index (χ0v) is 15.2. The van der Waals surface area contributed by atoms with Crippen LogP contribution < -0.4 is 0 Å². The maximum atomic E-state index is 11.4. The zero-order chi connectivity index (χ0) is 13.0. The Labute approximate surface area is 134 Å². The molecule has 0 amide bonds. The summed E-state index contributed by atoms with van der Waals surface area (Å²) in [6, 6.07) is 7.94. The lowest BCUT2D eigenvalue weighted by atomic mass is 10.1. The van der Waals surface area contributed by atoms with E-state index >= 15 is 0 Å². The summed E-state index contributed by atoms with van der Waals surface area (Å²) in [4.78, 5) is 10.9. The van der Waals surface area contributed by atoms with E-state index in [0.29, 0.717) is 0 Å². The average Bonchev–Trinajstić information content (AvgIpc) is 2.36. The van der Waals surface area contributed by atoms with E-state index in [9.17, 15) is 4.79 Å². The van der Waals surface area contributed by atoms with Crippen molar-refractivity contribution in [3.05, 3.63) is 35.4 Å². The number of carbonyl (C=O) groups is 1. The zero-order valence-electron chi connectivity index (χ0n) is 8.87. The highest BCUT2D eigenvalue weighted by Crippen LogP contribution is 2.34. The van der Waals surface area contributed by atoms with Gasteiger partial charge in [0, 0.05) is 0 Å². The summed E-state index contributed by atoms with van der Waals surface area (Å²) in [5.41, 5.74) is 2.14. The van der Waals surface area contributed by atoms with Crippen LogP contribution in [0.25, 0.3) is 0 Å². The van der Waals surface area contributed by atoms with Gasteiger partial charge in [0.25, 0.3) is 0 Å². The highest BCUT2D eigenvalue weighted by atomic mass is 79.9. The standard InChI is InChI=1S/C11H10Br4O2/c1-17-11(16)9(13)8(12)6-2-4-7(5-3-6)10(14)15/h2-5,8-10H,1H3. The van der Waals surface area contributed by atoms with Crippen molar-refractivity contribution < 1.29 is 9.53 Å². The Morgan fingerprint density at radius 2 is 1.53 bits per heavy atom. The van der Waals surface area contributed by atoms with Gasteiger partial charge in [0.05, 0.1) is 15.7 Å². The minimum absolute atomic E-state index is 0.117. The van der Waals surface area contributed by atoms with Gasteiger partial charge in [-0.3, -0.25) is 4.79 Å². The maximum absolute atomic E-state index is 11.4. The van der Waals surface area contributed by atoms with Crippen LogP contribution in [0.1, 0.15) is 19.7 Å². The van der Waals surface area contributed by atoms with Crippen molar-refractivity contribution in [2.24, 2.45) is 0 Å². The molecule has 0 heterocycles. The van der Waals surface area contributed by atoms with Gasteiger partial charge >= 0.3 is 5.97 Å². The van der Waals surface area contributed by atoms with Crippen molar-refractivity contribution in [2.45, 2.75) is 13.4 Å². The minimum atomic E-state index is -0.401. The molecular weight excluding hydrogens is 484 g/mol. The van der Waals surface area contributed by atoms with Crippen LogP contribution in [-0.4, -0.2) is 17.9 Å². The molecule has 2 unspecified atom stereocenters. The van der Waals surface area contributed by atoms with Gasteiger partial charge in [-0.1, -0.05) is 88.0 Å². The Morgan fingerprint density at radius 3 is 1.94 bits per heavy atom. The predicted molar refractivity (Wildman–Crippen MR) is 83.4 cm³/mol. The first kappa shape index (κ1) is 15.7. The second-order valence-corrected chi connectivity index (χ2v) is 8.33. The fraction of sp³-hybridized carbons (Fsp3) is 0.364. The molecule has 0 aliphatic carbocycles. The molecule has 94 valence electrons. The Morgan fingerprint density at radius 1 is 1.06 bits per heavy atom. The van der Waals surface area contributed by atoms with Crippen LogP contribution in [0.4, 0.5) is 0 Å². The number of halogens is 4. The fourth-order valence-corrected chi connectivity index (χ4v) is 2.85. The first-order valence-electron chi connectivity index (χ1n) is 4.71. The number of esters is 1. The molecule has 0 fully saturated rings. The van der Waals surface area contributed by atoms with Crippen LogP contribution in [0.5, 0.6) is 0 Å². The van der Waals surface area contributed by atoms with Gasteiger partial charge in [-0.2, -0.15) is 0 Å². The summed E-state index contributed by atoms with van der Waals surface area (Å²) < 4.78 is 4.82. The van der Waals surface area contributed by atoms with E-state index in [1.165, 1.54) is 7.11 Å². The van der Waals surface area contributed by atoms with Gasteiger partial charge in [0.1, 0.15) is 4.83 Å². The Hall–Kier alpha value is 0.610. The van der Waals surface area contributed by atoms with Crippen LogP contribution in [0.15, 0.2) is 24.3 Å². The molecule has 0 saturated heterocycles. The molecule has 1 aromatic rings. The predicted octanol–water partition coefficient (Wildman–Crippen LogP) is 4.85. The van der Waals surface area contributed by atoms with Gasteiger partial charge < -0.3 is 4.74 Å². The van der Waals surface area contributed by atoms with Gasteiger partial charge in [-0.25, -0.2) is 0 Å². The number of carbonyl (C=O) groups excluding carboxylic acids is 1. The van der Waals surface area contributed by atoms with Crippen LogP contribution in [0, 0.1) is 0 Å². The van der Waals surface area contributed by atoms with Gasteiger partial charge in [0.15, 0.2) is 0 Å². The number of hydrogen-bond acceptors (Lipinski definition) is 2. The smallest absolute Gasteiger partial charge is 0.320 e. The summed E-state index contributed by atoms with van der Waals surface area (Å²) in [6.07, 6.45) is 0. The van der Waals surface area contributed by atoms with E-state index in [1.807, 2.05) is 24.3 Å². The highest BCUT2D eigenvalue weighted by molar-refractivity contribution is 9.24. The lowest BCUT2D eigenvalue weighted by Crippen LogP contribution is -2.20. The summed E-state index contributed by atoms with van der Waals surface area (Å²) in [5.74, 6) is -0.296. The number of ether oxygens (including phenoxy) is 1. The van der Waals surface area contributed by atoms with Crippen LogP contribution in [0.2, 0.25) is 0 Å². The molecule has 6 heteroatoms. The number of hydrogen-bond donors (Lipinski definition) is 0. The van der Waals surface area contributed by atoms with E-state index in [1.54, 1.807) is 0 Å². The Kier molecular flexibility index (Phi) is 6.69. The lowest BCUT2D eigenvalue weighted by molar-refractivity contribution is -0.139. The topological polar surface area (TPSA) is 26.3 Å². The van der Waals surface area contributed by atoms with Gasteiger partial charge in [-0.15, -0.1) is 0 Å². The summed E-state index contributed by atoms with van der Waals surface area (Å²) in [5, 5.41) is 0. The third kappa shape index (κ3) is 4.33. The minimum Gasteiger partial charge on any atom is -0.468 e. The average molecular weight is 494 g/mol. The molecule has 0 aliphatic heterocycles. The summed E-state index contributed by atoms with van der Waals surface area (Å²) in [6.45, 7) is 0. The van der Waals surface area contributed by atoms with Crippen molar-refractivity contribution in [1.82, 2.24) is 0 Å². The van der Waals surface area contributed by atoms with Crippen LogP contribution in [0.3, 0.4) is 0 Å². The number of rotatable bonds is 4. The van der Waals surface area contributed by atoms with E-state index in [-0.39, 0.29) is 14.5 Å². The van der Waals surface area contributed by atoms with Crippen LogP contribution in [-0.2, 0) is 9.53 Å². The quantitative estimate of drug-likeness (QED) is 0.443. The normalized spacial score (nSPS) is 14.5. The highest BCUT2D eigenvalue weighted by Gasteiger charge is 2.25. The fourth-order valence-electron chi connectivity index (χ4n) is 1.23. The van der Waals surface area contributed by atoms with E-state index in [2.05, 4.69) is 68.5 Å². The summed E-state index contributed by atoms with van der Waals surface area (Å²) >= 11 is 13.7. The molecule has 0 aliphatic rings. The van der Waals surface area contributed by atoms with Gasteiger partial charge in [0.2, 0.25) is 0 Å². The van der Waals surface area contributed by atoms with Crippen molar-refractivity contribution in [2.75, 3.05) is 7.11 Å². The van der Waals surface area contributed by atoms with E-state index in [4.69, 9.17) is 0 Å². The molecule has 2 nitrogen and oxygen atoms in total. The number of methoxy groups -OCH3 is 1. The lowest BCUT2D eigenvalue weighted by Gasteiger charge is -2.15. The molecule has 1 aromatic carbocycles. The monoisotopic (exact) mass is 490 g/mol. The summed E-state index contributed by atoms with van der Waals surface area (Å²) in [7, 11) is 1.37. The largest absolute Gasteiger partial charge is 0.468 e. The second kappa shape index (κ2) is 7.26. The van der Waals surface area contributed by atoms with Crippen molar-refractivity contribution >= 4 is 69.7 Å². The first-order chi connectivity index (χ1) is 7.97. The SMILES string of the molecule is COC(=O)C(Br)C(Br)c1ccc(C(Br)Br)cc1. The third-order valence-corrected chi connectivity index (χ3v) is 5.92. The first-order valence-corrected chi connectivity index (χ1v) is 8.37. The number of benzene rings is 1. The van der Waals surface area contributed by atoms with Crippen molar-refractivity contribution in [1.29, 1.82) is 0 Å². The molecule has 0 saturated carbocycles. The van der Waals surface area contributed by atoms with E-state index in [0.717, 1.165) is 11.1 Å². The van der Waals surface area contributed by atoms with E-state index < -0.39 is 4.83 Å². The molecular formula is C11H10Br4O2. The molecule has 17 heavy (non-hydrogen) atoms. The third-order valence-electron chi connectivity index (χ3n) is 2.19. The molecule has 0 bridgehead atoms.